The Labute approximate surface area is 121 Å². The van der Waals surface area contributed by atoms with Crippen LogP contribution in [0.25, 0.3) is 0 Å². The van der Waals surface area contributed by atoms with Gasteiger partial charge in [-0.2, -0.15) is 0 Å². The number of nitro benzene ring substituents is 1. The number of halogens is 1. The summed E-state index contributed by atoms with van der Waals surface area (Å²) in [6.07, 6.45) is 0. The number of non-ortho nitro benzene ring substituents is 1. The van der Waals surface area contributed by atoms with Gasteiger partial charge < -0.3 is 10.5 Å². The predicted molar refractivity (Wildman–Crippen MR) is 76.8 cm³/mol. The van der Waals surface area contributed by atoms with Crippen molar-refractivity contribution in [3.63, 3.8) is 0 Å². The van der Waals surface area contributed by atoms with E-state index in [4.69, 9.17) is 22.1 Å². The van der Waals surface area contributed by atoms with E-state index in [1.54, 1.807) is 24.3 Å². The standard InChI is InChI=1S/C14H13ClN2O3/c15-13-7-11(8-16)3-6-14(13)20-9-10-1-4-12(5-2-10)17(18)19/h1-7H,8-9,16H2. The smallest absolute Gasteiger partial charge is 0.269 e. The predicted octanol–water partition coefficient (Wildman–Crippen LogP) is 3.29. The maximum atomic E-state index is 10.5. The van der Waals surface area contributed by atoms with Gasteiger partial charge in [0.25, 0.3) is 5.69 Å². The Morgan fingerprint density at radius 1 is 1.15 bits per heavy atom. The van der Waals surface area contributed by atoms with Crippen LogP contribution in [0.4, 0.5) is 5.69 Å². The van der Waals surface area contributed by atoms with Gasteiger partial charge >= 0.3 is 0 Å². The minimum atomic E-state index is -0.437. The monoisotopic (exact) mass is 292 g/mol. The van der Waals surface area contributed by atoms with Gasteiger partial charge in [-0.25, -0.2) is 0 Å². The zero-order valence-corrected chi connectivity index (χ0v) is 11.3. The van der Waals surface area contributed by atoms with E-state index in [1.165, 1.54) is 12.1 Å². The molecule has 0 atom stereocenters. The molecule has 2 aromatic carbocycles. The fourth-order valence-electron chi connectivity index (χ4n) is 1.66. The van der Waals surface area contributed by atoms with E-state index in [0.717, 1.165) is 11.1 Å². The highest BCUT2D eigenvalue weighted by Crippen LogP contribution is 2.26. The summed E-state index contributed by atoms with van der Waals surface area (Å²) < 4.78 is 5.58. The van der Waals surface area contributed by atoms with Gasteiger partial charge in [-0.05, 0) is 35.4 Å². The highest BCUT2D eigenvalue weighted by molar-refractivity contribution is 6.32. The Morgan fingerprint density at radius 2 is 1.80 bits per heavy atom. The zero-order chi connectivity index (χ0) is 14.5. The van der Waals surface area contributed by atoms with Crippen LogP contribution < -0.4 is 10.5 Å². The van der Waals surface area contributed by atoms with Gasteiger partial charge in [0, 0.05) is 18.7 Å². The molecular weight excluding hydrogens is 280 g/mol. The van der Waals surface area contributed by atoms with E-state index in [-0.39, 0.29) is 5.69 Å². The Kier molecular flexibility index (Phi) is 4.55. The Hall–Kier alpha value is -2.11. The lowest BCUT2D eigenvalue weighted by molar-refractivity contribution is -0.384. The van der Waals surface area contributed by atoms with E-state index in [0.29, 0.717) is 23.9 Å². The molecule has 104 valence electrons. The molecule has 2 rings (SSSR count). The lowest BCUT2D eigenvalue weighted by atomic mass is 10.2. The zero-order valence-electron chi connectivity index (χ0n) is 10.6. The van der Waals surface area contributed by atoms with Crippen LogP contribution in [0.3, 0.4) is 0 Å². The van der Waals surface area contributed by atoms with E-state index < -0.39 is 4.92 Å². The van der Waals surface area contributed by atoms with Crippen LogP contribution in [0.2, 0.25) is 5.02 Å². The summed E-state index contributed by atoms with van der Waals surface area (Å²) in [6.45, 7) is 0.710. The Balaban J connectivity index is 2.03. The number of ether oxygens (including phenoxy) is 1. The van der Waals surface area contributed by atoms with Crippen molar-refractivity contribution in [2.45, 2.75) is 13.2 Å². The second kappa shape index (κ2) is 6.36. The van der Waals surface area contributed by atoms with Gasteiger partial charge in [0.2, 0.25) is 0 Å². The van der Waals surface area contributed by atoms with E-state index in [2.05, 4.69) is 0 Å². The second-order valence-electron chi connectivity index (χ2n) is 4.18. The molecule has 0 aromatic heterocycles. The molecular formula is C14H13ClN2O3. The van der Waals surface area contributed by atoms with E-state index >= 15 is 0 Å². The van der Waals surface area contributed by atoms with Crippen LogP contribution >= 0.6 is 11.6 Å². The molecule has 0 spiro atoms. The third-order valence-corrected chi connectivity index (χ3v) is 3.07. The Bertz CT molecular complexity index is 614. The first-order chi connectivity index (χ1) is 9.60. The molecule has 0 bridgehead atoms. The lowest BCUT2D eigenvalue weighted by Crippen LogP contribution is -1.99. The summed E-state index contributed by atoms with van der Waals surface area (Å²) in [5.41, 5.74) is 7.33. The lowest BCUT2D eigenvalue weighted by Gasteiger charge is -2.09. The van der Waals surface area contributed by atoms with Crippen molar-refractivity contribution < 1.29 is 9.66 Å². The van der Waals surface area contributed by atoms with E-state index in [1.807, 2.05) is 6.07 Å². The molecule has 0 heterocycles. The minimum Gasteiger partial charge on any atom is -0.487 e. The van der Waals surface area contributed by atoms with Crippen molar-refractivity contribution in [3.05, 3.63) is 68.7 Å². The largest absolute Gasteiger partial charge is 0.487 e. The average molecular weight is 293 g/mol. The molecule has 0 fully saturated rings. The second-order valence-corrected chi connectivity index (χ2v) is 4.59. The maximum Gasteiger partial charge on any atom is 0.269 e. The number of hydrogen-bond donors (Lipinski definition) is 1. The number of nitro groups is 1. The van der Waals surface area contributed by atoms with Crippen molar-refractivity contribution in [3.8, 4) is 5.75 Å². The van der Waals surface area contributed by atoms with Crippen molar-refractivity contribution in [2.75, 3.05) is 0 Å². The highest BCUT2D eigenvalue weighted by atomic mass is 35.5. The van der Waals surface area contributed by atoms with Gasteiger partial charge in [-0.1, -0.05) is 17.7 Å². The molecule has 2 N–H and O–H groups in total. The number of benzene rings is 2. The first kappa shape index (κ1) is 14.3. The number of rotatable bonds is 5. The molecule has 0 saturated heterocycles. The molecule has 0 aliphatic heterocycles. The maximum absolute atomic E-state index is 10.5. The van der Waals surface area contributed by atoms with Crippen LogP contribution in [0.5, 0.6) is 5.75 Å². The molecule has 0 aliphatic rings. The molecule has 6 heteroatoms. The summed E-state index contributed by atoms with van der Waals surface area (Å²) in [7, 11) is 0. The topological polar surface area (TPSA) is 78.4 Å². The first-order valence-corrected chi connectivity index (χ1v) is 6.32. The van der Waals surface area contributed by atoms with Crippen LogP contribution in [0.15, 0.2) is 42.5 Å². The summed E-state index contributed by atoms with van der Waals surface area (Å²) >= 11 is 6.07. The number of nitrogens with zero attached hydrogens (tertiary/aromatic N) is 1. The van der Waals surface area contributed by atoms with Gasteiger partial charge in [0.1, 0.15) is 12.4 Å². The molecule has 2 aromatic rings. The number of hydrogen-bond acceptors (Lipinski definition) is 4. The van der Waals surface area contributed by atoms with Gasteiger partial charge in [-0.15, -0.1) is 0 Å². The third kappa shape index (κ3) is 3.46. The first-order valence-electron chi connectivity index (χ1n) is 5.95. The quantitative estimate of drug-likeness (QED) is 0.677. The van der Waals surface area contributed by atoms with Crippen LogP contribution in [0.1, 0.15) is 11.1 Å². The van der Waals surface area contributed by atoms with Gasteiger partial charge in [0.15, 0.2) is 0 Å². The molecule has 20 heavy (non-hydrogen) atoms. The molecule has 5 nitrogen and oxygen atoms in total. The number of nitrogens with two attached hydrogens (primary N) is 1. The fourth-order valence-corrected chi connectivity index (χ4v) is 1.92. The molecule has 0 amide bonds. The van der Waals surface area contributed by atoms with Gasteiger partial charge in [-0.3, -0.25) is 10.1 Å². The summed E-state index contributed by atoms with van der Waals surface area (Å²) in [6, 6.07) is 11.6. The minimum absolute atomic E-state index is 0.0547. The molecule has 0 saturated carbocycles. The van der Waals surface area contributed by atoms with Crippen molar-refractivity contribution >= 4 is 17.3 Å². The van der Waals surface area contributed by atoms with Gasteiger partial charge in [0.05, 0.1) is 9.95 Å². The summed E-state index contributed by atoms with van der Waals surface area (Å²) in [5.74, 6) is 0.558. The van der Waals surface area contributed by atoms with Crippen LogP contribution in [-0.4, -0.2) is 4.92 Å². The van der Waals surface area contributed by atoms with Crippen molar-refractivity contribution in [1.29, 1.82) is 0 Å². The highest BCUT2D eigenvalue weighted by Gasteiger charge is 2.06. The summed E-state index contributed by atoms with van der Waals surface area (Å²) in [4.78, 5) is 10.1. The fraction of sp³-hybridized carbons (Fsp3) is 0.143. The van der Waals surface area contributed by atoms with E-state index in [9.17, 15) is 10.1 Å². The SMILES string of the molecule is NCc1ccc(OCc2ccc([N+](=O)[O-])cc2)c(Cl)c1. The van der Waals surface area contributed by atoms with Crippen molar-refractivity contribution in [1.82, 2.24) is 0 Å². The molecule has 0 radical (unpaired) electrons. The Morgan fingerprint density at radius 3 is 2.35 bits per heavy atom. The third-order valence-electron chi connectivity index (χ3n) is 2.77. The molecule has 0 aliphatic carbocycles. The van der Waals surface area contributed by atoms with Crippen molar-refractivity contribution in [2.24, 2.45) is 5.73 Å². The molecule has 0 unspecified atom stereocenters. The van der Waals surface area contributed by atoms with Crippen LogP contribution in [-0.2, 0) is 13.2 Å². The normalized spacial score (nSPS) is 10.3. The average Bonchev–Trinajstić information content (AvgIpc) is 2.46. The van der Waals surface area contributed by atoms with Crippen LogP contribution in [0, 0.1) is 10.1 Å². The summed E-state index contributed by atoms with van der Waals surface area (Å²) in [5, 5.41) is 11.0.